The second-order valence-corrected chi connectivity index (χ2v) is 5.03. The number of nitrogens with two attached hydrogens (primary N) is 1. The van der Waals surface area contributed by atoms with Gasteiger partial charge in [-0.3, -0.25) is 4.79 Å². The number of carbonyl (C=O) groups excluding carboxylic acids is 1. The average Bonchev–Trinajstić information content (AvgIpc) is 2.47. The van der Waals surface area contributed by atoms with Crippen LogP contribution in [-0.2, 0) is 4.74 Å². The van der Waals surface area contributed by atoms with Crippen LogP contribution in [0.1, 0.15) is 36.5 Å². The molecule has 1 amide bonds. The largest absolute Gasteiger partial charge is 0.397 e. The maximum absolute atomic E-state index is 11.7. The lowest BCUT2D eigenvalue weighted by Crippen LogP contribution is -2.27. The Morgan fingerprint density at radius 1 is 1.45 bits per heavy atom. The third-order valence-electron chi connectivity index (χ3n) is 3.45. The normalized spacial score (nSPS) is 18.6. The van der Waals surface area contributed by atoms with E-state index >= 15 is 0 Å². The fourth-order valence-electron chi connectivity index (χ4n) is 2.32. The summed E-state index contributed by atoms with van der Waals surface area (Å²) in [4.78, 5) is 11.7. The van der Waals surface area contributed by atoms with Crippen LogP contribution in [0.25, 0.3) is 0 Å². The fourth-order valence-corrected chi connectivity index (χ4v) is 2.32. The zero-order chi connectivity index (χ0) is 14.4. The van der Waals surface area contributed by atoms with Gasteiger partial charge in [0.15, 0.2) is 0 Å². The molecule has 110 valence electrons. The molecular formula is C15H23N3O2. The Hall–Kier alpha value is -1.75. The predicted octanol–water partition coefficient (Wildman–Crippen LogP) is 2.00. The monoisotopic (exact) mass is 277 g/mol. The van der Waals surface area contributed by atoms with Crippen LogP contribution in [0.2, 0.25) is 0 Å². The van der Waals surface area contributed by atoms with E-state index < -0.39 is 0 Å². The van der Waals surface area contributed by atoms with Crippen LogP contribution in [0, 0.1) is 0 Å². The summed E-state index contributed by atoms with van der Waals surface area (Å²) in [6.45, 7) is 4.10. The first-order valence-corrected chi connectivity index (χ1v) is 7.24. The lowest BCUT2D eigenvalue weighted by atomic mass is 10.1. The van der Waals surface area contributed by atoms with Gasteiger partial charge in [0, 0.05) is 25.3 Å². The van der Waals surface area contributed by atoms with E-state index in [0.29, 0.717) is 17.8 Å². The molecule has 5 heteroatoms. The van der Waals surface area contributed by atoms with Crippen LogP contribution >= 0.6 is 0 Å². The van der Waals surface area contributed by atoms with Crippen LogP contribution in [-0.4, -0.2) is 31.7 Å². The smallest absolute Gasteiger partial charge is 0.251 e. The Labute approximate surface area is 119 Å². The highest BCUT2D eigenvalue weighted by Crippen LogP contribution is 2.21. The zero-order valence-electron chi connectivity index (χ0n) is 11.9. The molecule has 1 saturated heterocycles. The molecule has 0 spiro atoms. The Balaban J connectivity index is 1.93. The molecule has 1 aliphatic rings. The highest BCUT2D eigenvalue weighted by molar-refractivity contribution is 5.96. The van der Waals surface area contributed by atoms with E-state index in [0.717, 1.165) is 31.7 Å². The molecule has 1 heterocycles. The van der Waals surface area contributed by atoms with Crippen molar-refractivity contribution in [3.8, 4) is 0 Å². The maximum atomic E-state index is 11.7. The second-order valence-electron chi connectivity index (χ2n) is 5.03. The summed E-state index contributed by atoms with van der Waals surface area (Å²) in [5.74, 6) is -0.0960. The van der Waals surface area contributed by atoms with Crippen LogP contribution in [0.3, 0.4) is 0 Å². The molecule has 1 unspecified atom stereocenters. The first-order chi connectivity index (χ1) is 9.70. The average molecular weight is 277 g/mol. The molecule has 0 aliphatic carbocycles. The van der Waals surface area contributed by atoms with Gasteiger partial charge in [0.05, 0.1) is 17.5 Å². The Kier molecular flexibility index (Phi) is 5.24. The van der Waals surface area contributed by atoms with Crippen molar-refractivity contribution in [1.29, 1.82) is 0 Å². The molecule has 1 aromatic rings. The van der Waals surface area contributed by atoms with Crippen molar-refractivity contribution in [1.82, 2.24) is 5.32 Å². The van der Waals surface area contributed by atoms with E-state index in [1.165, 1.54) is 6.42 Å². The van der Waals surface area contributed by atoms with Crippen LogP contribution in [0.15, 0.2) is 18.2 Å². The Morgan fingerprint density at radius 2 is 2.30 bits per heavy atom. The van der Waals surface area contributed by atoms with Gasteiger partial charge in [0.25, 0.3) is 5.91 Å². The third-order valence-corrected chi connectivity index (χ3v) is 3.45. The van der Waals surface area contributed by atoms with E-state index in [-0.39, 0.29) is 12.0 Å². The van der Waals surface area contributed by atoms with Gasteiger partial charge >= 0.3 is 0 Å². The topological polar surface area (TPSA) is 76.4 Å². The van der Waals surface area contributed by atoms with Gasteiger partial charge in [-0.2, -0.15) is 0 Å². The van der Waals surface area contributed by atoms with Gasteiger partial charge < -0.3 is 21.1 Å². The molecule has 0 aromatic heterocycles. The number of nitrogen functional groups attached to an aromatic ring is 1. The summed E-state index contributed by atoms with van der Waals surface area (Å²) in [7, 11) is 0. The van der Waals surface area contributed by atoms with E-state index in [1.54, 1.807) is 12.1 Å². The molecule has 0 radical (unpaired) electrons. The molecule has 1 fully saturated rings. The minimum absolute atomic E-state index is 0.0960. The minimum atomic E-state index is -0.0960. The fraction of sp³-hybridized carbons (Fsp3) is 0.533. The predicted molar refractivity (Wildman–Crippen MR) is 80.9 cm³/mol. The summed E-state index contributed by atoms with van der Waals surface area (Å²) in [5.41, 5.74) is 8.02. The standard InChI is InChI=1S/C15H23N3O2/c1-2-17-15(19)11-6-7-14(13(16)9-11)18-10-12-5-3-4-8-20-12/h6-7,9,12,18H,2-5,8,10,16H2,1H3,(H,17,19). The van der Waals surface area contributed by atoms with Crippen molar-refractivity contribution < 1.29 is 9.53 Å². The number of rotatable bonds is 5. The van der Waals surface area contributed by atoms with Crippen molar-refractivity contribution in [2.45, 2.75) is 32.3 Å². The number of carbonyl (C=O) groups is 1. The third kappa shape index (κ3) is 3.87. The SMILES string of the molecule is CCNC(=O)c1ccc(NCC2CCCCO2)c(N)c1. The van der Waals surface area contributed by atoms with Crippen molar-refractivity contribution in [3.63, 3.8) is 0 Å². The number of hydrogen-bond acceptors (Lipinski definition) is 4. The summed E-state index contributed by atoms with van der Waals surface area (Å²) in [6.07, 6.45) is 3.72. The maximum Gasteiger partial charge on any atom is 0.251 e. The van der Waals surface area contributed by atoms with Crippen molar-refractivity contribution in [3.05, 3.63) is 23.8 Å². The van der Waals surface area contributed by atoms with Crippen LogP contribution in [0.4, 0.5) is 11.4 Å². The summed E-state index contributed by atoms with van der Waals surface area (Å²) in [6, 6.07) is 5.34. The molecule has 2 rings (SSSR count). The number of anilines is 2. The van der Waals surface area contributed by atoms with E-state index in [4.69, 9.17) is 10.5 Å². The van der Waals surface area contributed by atoms with Gasteiger partial charge in [0.2, 0.25) is 0 Å². The van der Waals surface area contributed by atoms with Crippen molar-refractivity contribution in [2.24, 2.45) is 0 Å². The first-order valence-electron chi connectivity index (χ1n) is 7.24. The van der Waals surface area contributed by atoms with E-state index in [2.05, 4.69) is 10.6 Å². The zero-order valence-corrected chi connectivity index (χ0v) is 11.9. The molecule has 1 aromatic carbocycles. The Morgan fingerprint density at radius 3 is 2.95 bits per heavy atom. The lowest BCUT2D eigenvalue weighted by Gasteiger charge is -2.23. The van der Waals surface area contributed by atoms with Gasteiger partial charge in [-0.25, -0.2) is 0 Å². The van der Waals surface area contributed by atoms with Crippen LogP contribution in [0.5, 0.6) is 0 Å². The van der Waals surface area contributed by atoms with Gasteiger partial charge in [-0.05, 0) is 44.4 Å². The summed E-state index contributed by atoms with van der Waals surface area (Å²) >= 11 is 0. The summed E-state index contributed by atoms with van der Waals surface area (Å²) in [5, 5.41) is 6.06. The first kappa shape index (κ1) is 14.7. The van der Waals surface area contributed by atoms with Gasteiger partial charge in [0.1, 0.15) is 0 Å². The van der Waals surface area contributed by atoms with Crippen molar-refractivity contribution in [2.75, 3.05) is 30.7 Å². The molecule has 0 bridgehead atoms. The van der Waals surface area contributed by atoms with E-state index in [9.17, 15) is 4.79 Å². The van der Waals surface area contributed by atoms with Gasteiger partial charge in [-0.15, -0.1) is 0 Å². The minimum Gasteiger partial charge on any atom is -0.397 e. The number of ether oxygens (including phenoxy) is 1. The lowest BCUT2D eigenvalue weighted by molar-refractivity contribution is 0.0248. The molecule has 4 N–H and O–H groups in total. The number of nitrogens with one attached hydrogen (secondary N) is 2. The molecule has 0 saturated carbocycles. The number of amides is 1. The molecule has 1 atom stereocenters. The van der Waals surface area contributed by atoms with Crippen molar-refractivity contribution >= 4 is 17.3 Å². The quantitative estimate of drug-likeness (QED) is 0.719. The van der Waals surface area contributed by atoms with Crippen LogP contribution < -0.4 is 16.4 Å². The molecule has 1 aliphatic heterocycles. The Bertz CT molecular complexity index is 456. The summed E-state index contributed by atoms with van der Waals surface area (Å²) < 4.78 is 5.67. The second kappa shape index (κ2) is 7.14. The molecule has 5 nitrogen and oxygen atoms in total. The van der Waals surface area contributed by atoms with E-state index in [1.807, 2.05) is 13.0 Å². The number of benzene rings is 1. The molecular weight excluding hydrogens is 254 g/mol. The van der Waals surface area contributed by atoms with Gasteiger partial charge in [-0.1, -0.05) is 0 Å². The molecule has 20 heavy (non-hydrogen) atoms. The number of hydrogen-bond donors (Lipinski definition) is 3. The highest BCUT2D eigenvalue weighted by Gasteiger charge is 2.14. The highest BCUT2D eigenvalue weighted by atomic mass is 16.5.